The van der Waals surface area contributed by atoms with Crippen molar-refractivity contribution in [2.45, 2.75) is 45.7 Å². The number of furan rings is 1. The number of aromatic amines is 1. The van der Waals surface area contributed by atoms with Crippen molar-refractivity contribution in [2.75, 3.05) is 13.1 Å². The number of hydrogen-bond acceptors (Lipinski definition) is 3. The molecule has 2 aromatic rings. The largest absolute Gasteiger partial charge is 0.466 e. The van der Waals surface area contributed by atoms with Crippen LogP contribution >= 0.6 is 11.6 Å². The van der Waals surface area contributed by atoms with Gasteiger partial charge in [0, 0.05) is 36.9 Å². The van der Waals surface area contributed by atoms with Gasteiger partial charge in [0.25, 0.3) is 5.91 Å². The van der Waals surface area contributed by atoms with Crippen LogP contribution < -0.4 is 5.32 Å². The lowest BCUT2D eigenvalue weighted by Gasteiger charge is -2.33. The number of H-pyrrole nitrogens is 1. The number of amides is 1. The summed E-state index contributed by atoms with van der Waals surface area (Å²) in [5.74, 6) is 1.94. The van der Waals surface area contributed by atoms with Crippen molar-refractivity contribution in [1.82, 2.24) is 15.2 Å². The Balaban J connectivity index is 1.53. The number of carbonyl (C=O) groups excluding carboxylic acids is 1. The maximum atomic E-state index is 12.4. The van der Waals surface area contributed by atoms with Crippen LogP contribution in [0.25, 0.3) is 0 Å². The van der Waals surface area contributed by atoms with Crippen LogP contribution in [0.15, 0.2) is 22.7 Å². The fourth-order valence-electron chi connectivity index (χ4n) is 3.43. The first-order valence-corrected chi connectivity index (χ1v) is 8.78. The summed E-state index contributed by atoms with van der Waals surface area (Å²) >= 11 is 5.88. The topological polar surface area (TPSA) is 61.3 Å². The van der Waals surface area contributed by atoms with Crippen LogP contribution in [0.5, 0.6) is 0 Å². The SMILES string of the molecule is Cc1cc(C(C)NC2CCN(C(=O)c3cc(Cl)c[nH]3)CC2)c(C)o1. The standard InChI is InChI=1S/C18H24ClN3O2/c1-11-8-16(13(3)24-11)12(2)21-15-4-6-22(7-5-15)18(23)17-9-14(19)10-20-17/h8-10,12,15,20-21H,4-7H2,1-3H3. The molecule has 1 aliphatic rings. The van der Waals surface area contributed by atoms with E-state index in [2.05, 4.69) is 23.3 Å². The van der Waals surface area contributed by atoms with E-state index in [0.717, 1.165) is 37.5 Å². The Labute approximate surface area is 147 Å². The summed E-state index contributed by atoms with van der Waals surface area (Å²) in [5, 5.41) is 4.23. The van der Waals surface area contributed by atoms with E-state index in [9.17, 15) is 4.79 Å². The van der Waals surface area contributed by atoms with Crippen LogP contribution in [0.4, 0.5) is 0 Å². The maximum Gasteiger partial charge on any atom is 0.270 e. The minimum atomic E-state index is 0.0229. The van der Waals surface area contributed by atoms with Gasteiger partial charge in [-0.1, -0.05) is 11.6 Å². The Morgan fingerprint density at radius 1 is 1.38 bits per heavy atom. The second kappa shape index (κ2) is 7.03. The molecule has 6 heteroatoms. The van der Waals surface area contributed by atoms with Gasteiger partial charge in [-0.25, -0.2) is 0 Å². The molecule has 0 spiro atoms. The first-order chi connectivity index (χ1) is 11.4. The highest BCUT2D eigenvalue weighted by molar-refractivity contribution is 6.30. The third kappa shape index (κ3) is 3.68. The summed E-state index contributed by atoms with van der Waals surface area (Å²) in [6.45, 7) is 7.64. The van der Waals surface area contributed by atoms with E-state index >= 15 is 0 Å². The Hall–Kier alpha value is -1.72. The molecule has 0 bridgehead atoms. The molecular formula is C18H24ClN3O2. The highest BCUT2D eigenvalue weighted by Gasteiger charge is 2.26. The Morgan fingerprint density at radius 3 is 2.62 bits per heavy atom. The van der Waals surface area contributed by atoms with Crippen molar-refractivity contribution in [2.24, 2.45) is 0 Å². The van der Waals surface area contributed by atoms with E-state index in [4.69, 9.17) is 16.0 Å². The molecule has 130 valence electrons. The van der Waals surface area contributed by atoms with Crippen molar-refractivity contribution < 1.29 is 9.21 Å². The van der Waals surface area contributed by atoms with Crippen molar-refractivity contribution >= 4 is 17.5 Å². The summed E-state index contributed by atoms with van der Waals surface area (Å²) in [6, 6.07) is 4.43. The van der Waals surface area contributed by atoms with Gasteiger partial charge in [0.15, 0.2) is 0 Å². The average Bonchev–Trinajstić information content (AvgIpc) is 3.12. The summed E-state index contributed by atoms with van der Waals surface area (Å²) in [6.07, 6.45) is 3.53. The van der Waals surface area contributed by atoms with E-state index in [0.29, 0.717) is 16.8 Å². The highest BCUT2D eigenvalue weighted by Crippen LogP contribution is 2.23. The number of aromatic nitrogens is 1. The predicted molar refractivity (Wildman–Crippen MR) is 94.5 cm³/mol. The summed E-state index contributed by atoms with van der Waals surface area (Å²) in [7, 11) is 0. The fourth-order valence-corrected chi connectivity index (χ4v) is 3.60. The van der Waals surface area contributed by atoms with Crippen LogP contribution in [0.2, 0.25) is 5.02 Å². The minimum absolute atomic E-state index is 0.0229. The second-order valence-corrected chi connectivity index (χ2v) is 6.99. The van der Waals surface area contributed by atoms with Gasteiger partial charge in [-0.05, 0) is 45.7 Å². The molecule has 1 amide bonds. The number of nitrogens with one attached hydrogen (secondary N) is 2. The molecule has 24 heavy (non-hydrogen) atoms. The molecule has 2 N–H and O–H groups in total. The van der Waals surface area contributed by atoms with Crippen molar-refractivity contribution in [3.05, 3.63) is 46.1 Å². The van der Waals surface area contributed by atoms with Gasteiger partial charge < -0.3 is 19.6 Å². The molecule has 1 fully saturated rings. The number of carbonyl (C=O) groups is 1. The fraction of sp³-hybridized carbons (Fsp3) is 0.500. The predicted octanol–water partition coefficient (Wildman–Crippen LogP) is 3.83. The van der Waals surface area contributed by atoms with Gasteiger partial charge in [-0.3, -0.25) is 4.79 Å². The monoisotopic (exact) mass is 349 g/mol. The van der Waals surface area contributed by atoms with E-state index in [1.54, 1.807) is 12.3 Å². The van der Waals surface area contributed by atoms with Gasteiger partial charge in [0.05, 0.1) is 5.02 Å². The van der Waals surface area contributed by atoms with Crippen LogP contribution in [0.3, 0.4) is 0 Å². The van der Waals surface area contributed by atoms with Crippen molar-refractivity contribution in [1.29, 1.82) is 0 Å². The first kappa shape index (κ1) is 17.1. The maximum absolute atomic E-state index is 12.4. The quantitative estimate of drug-likeness (QED) is 0.881. The zero-order valence-corrected chi connectivity index (χ0v) is 15.1. The molecule has 3 rings (SSSR count). The van der Waals surface area contributed by atoms with Gasteiger partial charge in [-0.15, -0.1) is 0 Å². The molecule has 3 heterocycles. The van der Waals surface area contributed by atoms with Crippen LogP contribution in [0.1, 0.15) is 53.4 Å². The number of likely N-dealkylation sites (tertiary alicyclic amines) is 1. The molecule has 0 aliphatic carbocycles. The summed E-state index contributed by atoms with van der Waals surface area (Å²) in [5.41, 5.74) is 1.77. The molecule has 2 aromatic heterocycles. The second-order valence-electron chi connectivity index (χ2n) is 6.55. The number of halogens is 1. The van der Waals surface area contributed by atoms with Gasteiger partial charge in [0.2, 0.25) is 0 Å². The molecule has 1 aliphatic heterocycles. The zero-order valence-electron chi connectivity index (χ0n) is 14.4. The lowest BCUT2D eigenvalue weighted by Crippen LogP contribution is -2.45. The summed E-state index contributed by atoms with van der Waals surface area (Å²) < 4.78 is 5.62. The minimum Gasteiger partial charge on any atom is -0.466 e. The van der Waals surface area contributed by atoms with Crippen LogP contribution in [-0.4, -0.2) is 34.9 Å². The Bertz CT molecular complexity index is 714. The Morgan fingerprint density at radius 2 is 2.08 bits per heavy atom. The van der Waals surface area contributed by atoms with E-state index in [1.807, 2.05) is 18.7 Å². The average molecular weight is 350 g/mol. The van der Waals surface area contributed by atoms with Gasteiger partial charge in [-0.2, -0.15) is 0 Å². The van der Waals surface area contributed by atoms with Crippen molar-refractivity contribution in [3.8, 4) is 0 Å². The number of hydrogen-bond donors (Lipinski definition) is 2. The molecule has 0 saturated carbocycles. The van der Waals surface area contributed by atoms with Gasteiger partial charge >= 0.3 is 0 Å². The highest BCUT2D eigenvalue weighted by atomic mass is 35.5. The summed E-state index contributed by atoms with van der Waals surface area (Å²) in [4.78, 5) is 17.2. The number of nitrogens with zero attached hydrogens (tertiary/aromatic N) is 1. The molecular weight excluding hydrogens is 326 g/mol. The lowest BCUT2D eigenvalue weighted by molar-refractivity contribution is 0.0697. The van der Waals surface area contributed by atoms with E-state index in [-0.39, 0.29) is 11.9 Å². The molecule has 0 aromatic carbocycles. The lowest BCUT2D eigenvalue weighted by atomic mass is 10.0. The van der Waals surface area contributed by atoms with Crippen molar-refractivity contribution in [3.63, 3.8) is 0 Å². The van der Waals surface area contributed by atoms with Crippen LogP contribution in [-0.2, 0) is 0 Å². The number of piperidine rings is 1. The smallest absolute Gasteiger partial charge is 0.270 e. The van der Waals surface area contributed by atoms with Crippen LogP contribution in [0, 0.1) is 13.8 Å². The normalized spacial score (nSPS) is 17.2. The molecule has 1 unspecified atom stereocenters. The number of aryl methyl sites for hydroxylation is 2. The molecule has 0 radical (unpaired) electrons. The molecule has 1 atom stereocenters. The zero-order chi connectivity index (χ0) is 17.3. The molecule has 5 nitrogen and oxygen atoms in total. The first-order valence-electron chi connectivity index (χ1n) is 8.40. The Kier molecular flexibility index (Phi) is 5.01. The van der Waals surface area contributed by atoms with E-state index < -0.39 is 0 Å². The van der Waals surface area contributed by atoms with Gasteiger partial charge in [0.1, 0.15) is 17.2 Å². The third-order valence-electron chi connectivity index (χ3n) is 4.69. The van der Waals surface area contributed by atoms with E-state index in [1.165, 1.54) is 5.56 Å². The molecule has 1 saturated heterocycles. The number of rotatable bonds is 4. The third-order valence-corrected chi connectivity index (χ3v) is 4.91.